The van der Waals surface area contributed by atoms with Gasteiger partial charge in [-0.1, -0.05) is 13.8 Å². The van der Waals surface area contributed by atoms with E-state index in [2.05, 4.69) is 29.5 Å². The van der Waals surface area contributed by atoms with Crippen molar-refractivity contribution < 1.29 is 19.3 Å². The molecule has 0 radical (unpaired) electrons. The minimum Gasteiger partial charge on any atom is -0.497 e. The first-order chi connectivity index (χ1) is 13.0. The van der Waals surface area contributed by atoms with Gasteiger partial charge >= 0.3 is 0 Å². The number of guanidine groups is 1. The van der Waals surface area contributed by atoms with Crippen molar-refractivity contribution in [1.82, 2.24) is 10.6 Å². The summed E-state index contributed by atoms with van der Waals surface area (Å²) < 4.78 is 16.1. The molecule has 0 saturated carbocycles. The van der Waals surface area contributed by atoms with Crippen LogP contribution in [0.15, 0.2) is 23.2 Å². The molecule has 1 unspecified atom stereocenters. The molecule has 0 amide bonds. The Bertz CT molecular complexity index is 548. The Morgan fingerprint density at radius 1 is 1.07 bits per heavy atom. The lowest BCUT2D eigenvalue weighted by molar-refractivity contribution is 0.128. The molecule has 3 N–H and O–H groups in total. The Balaban J connectivity index is 0.00000729. The summed E-state index contributed by atoms with van der Waals surface area (Å²) in [6.45, 7) is 9.37. The van der Waals surface area contributed by atoms with Gasteiger partial charge in [-0.3, -0.25) is 4.99 Å². The first kappa shape index (κ1) is 26.7. The summed E-state index contributed by atoms with van der Waals surface area (Å²) in [5.74, 6) is 2.57. The topological polar surface area (TPSA) is 84.3 Å². The smallest absolute Gasteiger partial charge is 0.191 e. The lowest BCUT2D eigenvalue weighted by Crippen LogP contribution is -2.39. The molecule has 0 aliphatic heterocycles. The second kappa shape index (κ2) is 15.6. The van der Waals surface area contributed by atoms with Gasteiger partial charge in [-0.15, -0.1) is 24.0 Å². The minimum atomic E-state index is -0.758. The molecule has 0 heterocycles. The van der Waals surface area contributed by atoms with Gasteiger partial charge in [0.1, 0.15) is 11.5 Å². The maximum absolute atomic E-state index is 10.5. The second-order valence-corrected chi connectivity index (χ2v) is 6.60. The average molecular weight is 509 g/mol. The van der Waals surface area contributed by atoms with Crippen molar-refractivity contribution in [2.24, 2.45) is 10.9 Å². The predicted octanol–water partition coefficient (Wildman–Crippen LogP) is 2.97. The van der Waals surface area contributed by atoms with Gasteiger partial charge in [0.15, 0.2) is 5.96 Å². The summed E-state index contributed by atoms with van der Waals surface area (Å²) in [7, 11) is 3.17. The van der Waals surface area contributed by atoms with Gasteiger partial charge in [-0.05, 0) is 37.0 Å². The van der Waals surface area contributed by atoms with Gasteiger partial charge in [0.2, 0.25) is 0 Å². The quantitative estimate of drug-likeness (QED) is 0.174. The van der Waals surface area contributed by atoms with Gasteiger partial charge in [-0.2, -0.15) is 0 Å². The Kier molecular flexibility index (Phi) is 14.9. The zero-order chi connectivity index (χ0) is 20.1. The highest BCUT2D eigenvalue weighted by Gasteiger charge is 2.11. The van der Waals surface area contributed by atoms with Crippen molar-refractivity contribution in [2.45, 2.75) is 33.3 Å². The number of nitrogens with one attached hydrogen (secondary N) is 2. The third-order valence-electron chi connectivity index (χ3n) is 3.90. The number of aliphatic hydroxyl groups is 1. The van der Waals surface area contributed by atoms with Crippen LogP contribution in [-0.4, -0.2) is 58.1 Å². The first-order valence-corrected chi connectivity index (χ1v) is 9.51. The number of aliphatic imine (C=N–C) groups is 1. The van der Waals surface area contributed by atoms with E-state index in [-0.39, 0.29) is 30.5 Å². The number of rotatable bonds is 12. The Hall–Kier alpha value is -1.26. The molecule has 0 fully saturated rings. The number of hydrogen-bond acceptors (Lipinski definition) is 5. The van der Waals surface area contributed by atoms with Crippen LogP contribution in [0.4, 0.5) is 0 Å². The van der Waals surface area contributed by atoms with E-state index in [1.165, 1.54) is 0 Å². The maximum atomic E-state index is 10.5. The second-order valence-electron chi connectivity index (χ2n) is 6.60. The van der Waals surface area contributed by atoms with Gasteiger partial charge in [0.05, 0.1) is 33.5 Å². The van der Waals surface area contributed by atoms with Gasteiger partial charge < -0.3 is 30.0 Å². The molecule has 8 heteroatoms. The van der Waals surface area contributed by atoms with E-state index >= 15 is 0 Å². The molecule has 0 aliphatic carbocycles. The fraction of sp³-hybridized carbons (Fsp3) is 0.650. The SMILES string of the molecule is CCNC(=NCC(O)c1cc(OC)cc(OC)c1)NCCOCCC(C)C.I. The molecule has 1 aromatic carbocycles. The molecule has 7 nitrogen and oxygen atoms in total. The fourth-order valence-corrected chi connectivity index (χ4v) is 2.31. The number of nitrogens with zero attached hydrogens (tertiary/aromatic N) is 1. The molecule has 28 heavy (non-hydrogen) atoms. The molecule has 0 bridgehead atoms. The van der Waals surface area contributed by atoms with Crippen LogP contribution < -0.4 is 20.1 Å². The summed E-state index contributed by atoms with van der Waals surface area (Å²) in [5.41, 5.74) is 0.697. The highest BCUT2D eigenvalue weighted by molar-refractivity contribution is 14.0. The Morgan fingerprint density at radius 2 is 1.71 bits per heavy atom. The van der Waals surface area contributed by atoms with E-state index in [0.717, 1.165) is 19.6 Å². The standard InChI is InChI=1S/C20H35N3O4.HI/c1-6-21-20(22-8-10-27-9-7-15(2)3)23-14-19(24)16-11-17(25-4)13-18(12-16)26-5;/h11-13,15,19,24H,6-10,14H2,1-5H3,(H2,21,22,23);1H. The molecule has 0 spiro atoms. The highest BCUT2D eigenvalue weighted by Crippen LogP contribution is 2.26. The molecule has 1 atom stereocenters. The van der Waals surface area contributed by atoms with Crippen LogP contribution in [0, 0.1) is 5.92 Å². The largest absolute Gasteiger partial charge is 0.497 e. The van der Waals surface area contributed by atoms with E-state index in [1.54, 1.807) is 32.4 Å². The minimum absolute atomic E-state index is 0. The Morgan fingerprint density at radius 3 is 2.25 bits per heavy atom. The summed E-state index contributed by atoms with van der Waals surface area (Å²) >= 11 is 0. The van der Waals surface area contributed by atoms with E-state index in [1.807, 2.05) is 6.92 Å². The molecular formula is C20H36IN3O4. The lowest BCUT2D eigenvalue weighted by atomic mass is 10.1. The van der Waals surface area contributed by atoms with Crippen LogP contribution in [-0.2, 0) is 4.74 Å². The zero-order valence-electron chi connectivity index (χ0n) is 17.7. The van der Waals surface area contributed by atoms with Crippen LogP contribution in [0.1, 0.15) is 38.9 Å². The number of hydrogen-bond donors (Lipinski definition) is 3. The van der Waals surface area contributed by atoms with Crippen LogP contribution in [0.2, 0.25) is 0 Å². The lowest BCUT2D eigenvalue weighted by Gasteiger charge is -2.15. The number of aliphatic hydroxyl groups excluding tert-OH is 1. The number of methoxy groups -OCH3 is 2. The number of halogens is 1. The fourth-order valence-electron chi connectivity index (χ4n) is 2.31. The first-order valence-electron chi connectivity index (χ1n) is 9.51. The van der Waals surface area contributed by atoms with Crippen molar-refractivity contribution in [3.8, 4) is 11.5 Å². The van der Waals surface area contributed by atoms with Crippen molar-refractivity contribution in [3.63, 3.8) is 0 Å². The van der Waals surface area contributed by atoms with E-state index in [4.69, 9.17) is 14.2 Å². The maximum Gasteiger partial charge on any atom is 0.191 e. The molecule has 0 aromatic heterocycles. The molecule has 1 rings (SSSR count). The zero-order valence-corrected chi connectivity index (χ0v) is 20.0. The van der Waals surface area contributed by atoms with Crippen LogP contribution in [0.5, 0.6) is 11.5 Å². The van der Waals surface area contributed by atoms with Gasteiger partial charge in [0.25, 0.3) is 0 Å². The highest BCUT2D eigenvalue weighted by atomic mass is 127. The summed E-state index contributed by atoms with van der Waals surface area (Å²) in [5, 5.41) is 16.9. The van der Waals surface area contributed by atoms with Gasteiger partial charge in [-0.25, -0.2) is 0 Å². The third-order valence-corrected chi connectivity index (χ3v) is 3.90. The average Bonchev–Trinajstić information content (AvgIpc) is 2.67. The van der Waals surface area contributed by atoms with Crippen LogP contribution >= 0.6 is 24.0 Å². The summed E-state index contributed by atoms with van der Waals surface area (Å²) in [6, 6.07) is 5.33. The van der Waals surface area contributed by atoms with Crippen LogP contribution in [0.3, 0.4) is 0 Å². The third kappa shape index (κ3) is 10.9. The normalized spacial score (nSPS) is 12.3. The van der Waals surface area contributed by atoms with E-state index in [9.17, 15) is 5.11 Å². The monoisotopic (exact) mass is 509 g/mol. The van der Waals surface area contributed by atoms with Gasteiger partial charge in [0, 0.05) is 25.8 Å². The van der Waals surface area contributed by atoms with Crippen molar-refractivity contribution in [1.29, 1.82) is 0 Å². The van der Waals surface area contributed by atoms with Crippen molar-refractivity contribution >= 4 is 29.9 Å². The molecule has 1 aromatic rings. The van der Waals surface area contributed by atoms with Crippen LogP contribution in [0.25, 0.3) is 0 Å². The predicted molar refractivity (Wildman–Crippen MR) is 124 cm³/mol. The number of ether oxygens (including phenoxy) is 3. The van der Waals surface area contributed by atoms with Crippen molar-refractivity contribution in [2.75, 3.05) is 47.1 Å². The van der Waals surface area contributed by atoms with E-state index < -0.39 is 6.10 Å². The summed E-state index contributed by atoms with van der Waals surface area (Å²) in [6.07, 6.45) is 0.302. The number of benzene rings is 1. The molecular weight excluding hydrogens is 473 g/mol. The van der Waals surface area contributed by atoms with E-state index in [0.29, 0.717) is 42.1 Å². The summed E-state index contributed by atoms with van der Waals surface area (Å²) in [4.78, 5) is 4.45. The van der Waals surface area contributed by atoms with Crippen molar-refractivity contribution in [3.05, 3.63) is 23.8 Å². The Labute approximate surface area is 186 Å². The molecule has 0 saturated heterocycles. The molecule has 0 aliphatic rings. The molecule has 162 valence electrons.